The van der Waals surface area contributed by atoms with Crippen molar-refractivity contribution in [2.75, 3.05) is 52.6 Å². The van der Waals surface area contributed by atoms with Crippen molar-refractivity contribution in [1.29, 1.82) is 0 Å². The molecule has 0 radical (unpaired) electrons. The molecule has 1 heterocycles. The Balaban J connectivity index is 2.14. The lowest BCUT2D eigenvalue weighted by Crippen LogP contribution is -2.38. The molecule has 1 fully saturated rings. The molecule has 53 heavy (non-hydrogen) atoms. The van der Waals surface area contributed by atoms with Crippen LogP contribution in [0.3, 0.4) is 0 Å². The minimum Gasteiger partial charge on any atom is -0.379 e. The van der Waals surface area contributed by atoms with Crippen LogP contribution in [0.15, 0.2) is 24.3 Å². The average Bonchev–Trinajstić information content (AvgIpc) is 3.67. The zero-order valence-corrected chi connectivity index (χ0v) is 36.0. The van der Waals surface area contributed by atoms with Crippen LogP contribution in [-0.4, -0.2) is 72.0 Å². The minimum absolute atomic E-state index is 0.228. The third-order valence-electron chi connectivity index (χ3n) is 10.4. The molecule has 1 rings (SSSR count). The van der Waals surface area contributed by atoms with Gasteiger partial charge in [-0.15, -0.1) is 0 Å². The largest absolute Gasteiger partial charge is 0.379 e. The second kappa shape index (κ2) is 39.5. The molecule has 1 saturated heterocycles. The van der Waals surface area contributed by atoms with Gasteiger partial charge in [-0.05, 0) is 90.1 Å². The van der Waals surface area contributed by atoms with Crippen LogP contribution in [0, 0.1) is 0 Å². The molecule has 0 unspecified atom stereocenters. The van der Waals surface area contributed by atoms with E-state index < -0.39 is 16.4 Å². The summed E-state index contributed by atoms with van der Waals surface area (Å²) in [5, 5.41) is 0. The first-order valence-corrected chi connectivity index (χ1v) is 24.3. The molecule has 0 aliphatic carbocycles. The summed E-state index contributed by atoms with van der Waals surface area (Å²) in [6, 6.07) is 0. The number of hydrogen-bond acceptors (Lipinski definition) is 6. The highest BCUT2D eigenvalue weighted by Gasteiger charge is 2.21. The number of hydrogen-bond donors (Lipinski definition) is 1. The predicted octanol–water partition coefficient (Wildman–Crippen LogP) is 12.4. The standard InChI is InChI=1S/C45H88N2O5S/c1-3-5-7-9-11-13-15-17-19-21-23-25-27-29-31-35-41-50-43-45(52-53(48,49)46-37-40-47-38-33-34-39-47)44-51-42-36-32-30-28-26-24-22-20-18-16-14-12-10-8-6-4-2/h17-20,45-46H,3-16,21-44H2,1-2H3. The summed E-state index contributed by atoms with van der Waals surface area (Å²) in [5.41, 5.74) is 0. The van der Waals surface area contributed by atoms with Gasteiger partial charge in [-0.3, -0.25) is 0 Å². The average molecular weight is 769 g/mol. The van der Waals surface area contributed by atoms with Crippen LogP contribution >= 0.6 is 0 Å². The van der Waals surface area contributed by atoms with E-state index in [1.165, 1.54) is 167 Å². The van der Waals surface area contributed by atoms with Gasteiger partial charge in [0.15, 0.2) is 0 Å². The van der Waals surface area contributed by atoms with Crippen LogP contribution in [-0.2, 0) is 24.0 Å². The highest BCUT2D eigenvalue weighted by Crippen LogP contribution is 2.13. The van der Waals surface area contributed by atoms with Crippen molar-refractivity contribution in [3.8, 4) is 0 Å². The number of ether oxygens (including phenoxy) is 2. The predicted molar refractivity (Wildman–Crippen MR) is 228 cm³/mol. The zero-order valence-electron chi connectivity index (χ0n) is 35.2. The smallest absolute Gasteiger partial charge is 0.336 e. The lowest BCUT2D eigenvalue weighted by Gasteiger charge is -2.19. The van der Waals surface area contributed by atoms with Gasteiger partial charge in [0.1, 0.15) is 6.10 Å². The van der Waals surface area contributed by atoms with Gasteiger partial charge in [0.25, 0.3) is 0 Å². The molecule has 314 valence electrons. The van der Waals surface area contributed by atoms with Gasteiger partial charge in [-0.1, -0.05) is 154 Å². The van der Waals surface area contributed by atoms with Crippen molar-refractivity contribution in [2.45, 2.75) is 213 Å². The summed E-state index contributed by atoms with van der Waals surface area (Å²) in [7, 11) is -3.87. The van der Waals surface area contributed by atoms with E-state index in [9.17, 15) is 8.42 Å². The van der Waals surface area contributed by atoms with Crippen LogP contribution in [0.5, 0.6) is 0 Å². The maximum Gasteiger partial charge on any atom is 0.336 e. The van der Waals surface area contributed by atoms with E-state index in [-0.39, 0.29) is 13.2 Å². The van der Waals surface area contributed by atoms with Crippen molar-refractivity contribution in [3.05, 3.63) is 24.3 Å². The number of allylic oxidation sites excluding steroid dienone is 4. The molecule has 0 aromatic rings. The van der Waals surface area contributed by atoms with Crippen LogP contribution in [0.4, 0.5) is 0 Å². The maximum atomic E-state index is 12.7. The number of nitrogens with zero attached hydrogens (tertiary/aromatic N) is 1. The van der Waals surface area contributed by atoms with E-state index in [1.54, 1.807) is 0 Å². The lowest BCUT2D eigenvalue weighted by molar-refractivity contribution is -0.00576. The normalized spacial score (nSPS) is 14.8. The van der Waals surface area contributed by atoms with Crippen LogP contribution < -0.4 is 4.72 Å². The van der Waals surface area contributed by atoms with Gasteiger partial charge in [0.05, 0.1) is 13.2 Å². The highest BCUT2D eigenvalue weighted by atomic mass is 32.2. The van der Waals surface area contributed by atoms with Crippen LogP contribution in [0.2, 0.25) is 0 Å². The van der Waals surface area contributed by atoms with Gasteiger partial charge in [-0.2, -0.15) is 13.1 Å². The van der Waals surface area contributed by atoms with Crippen LogP contribution in [0.25, 0.3) is 0 Å². The molecular formula is C45H88N2O5S. The van der Waals surface area contributed by atoms with Gasteiger partial charge in [0.2, 0.25) is 0 Å². The molecule has 1 aliphatic heterocycles. The zero-order chi connectivity index (χ0) is 38.2. The molecule has 0 saturated carbocycles. The fraction of sp³-hybridized carbons (Fsp3) is 0.911. The monoisotopic (exact) mass is 769 g/mol. The van der Waals surface area contributed by atoms with E-state index in [0.717, 1.165) is 38.8 Å². The fourth-order valence-corrected chi connectivity index (χ4v) is 7.86. The van der Waals surface area contributed by atoms with Crippen molar-refractivity contribution in [1.82, 2.24) is 9.62 Å². The van der Waals surface area contributed by atoms with Crippen molar-refractivity contribution < 1.29 is 22.1 Å². The molecule has 0 atom stereocenters. The molecule has 0 bridgehead atoms. The summed E-state index contributed by atoms with van der Waals surface area (Å²) < 4.78 is 45.5. The Morgan fingerprint density at radius 1 is 0.528 bits per heavy atom. The molecule has 1 N–H and O–H groups in total. The number of rotatable bonds is 42. The Kier molecular flexibility index (Phi) is 37.4. The molecule has 0 amide bonds. The first-order valence-electron chi connectivity index (χ1n) is 22.9. The number of likely N-dealkylation sites (tertiary alicyclic amines) is 1. The molecule has 7 nitrogen and oxygen atoms in total. The van der Waals surface area contributed by atoms with Gasteiger partial charge in [-0.25, -0.2) is 4.18 Å². The molecule has 0 spiro atoms. The van der Waals surface area contributed by atoms with Crippen LogP contribution in [0.1, 0.15) is 206 Å². The summed E-state index contributed by atoms with van der Waals surface area (Å²) >= 11 is 0. The second-order valence-electron chi connectivity index (χ2n) is 15.6. The summed E-state index contributed by atoms with van der Waals surface area (Å²) in [6.45, 7) is 9.41. The first kappa shape index (κ1) is 50.2. The third-order valence-corrected chi connectivity index (χ3v) is 11.5. The minimum atomic E-state index is -3.87. The highest BCUT2D eigenvalue weighted by molar-refractivity contribution is 7.84. The second-order valence-corrected chi connectivity index (χ2v) is 17.0. The van der Waals surface area contributed by atoms with E-state index in [1.807, 2.05) is 0 Å². The Morgan fingerprint density at radius 2 is 0.887 bits per heavy atom. The molecule has 0 aromatic carbocycles. The van der Waals surface area contributed by atoms with E-state index >= 15 is 0 Å². The van der Waals surface area contributed by atoms with E-state index in [0.29, 0.717) is 26.3 Å². The van der Waals surface area contributed by atoms with E-state index in [4.69, 9.17) is 13.7 Å². The summed E-state index contributed by atoms with van der Waals surface area (Å²) in [4.78, 5) is 2.29. The summed E-state index contributed by atoms with van der Waals surface area (Å²) in [5.74, 6) is 0. The van der Waals surface area contributed by atoms with Gasteiger partial charge in [0, 0.05) is 26.3 Å². The quantitative estimate of drug-likeness (QED) is 0.0492. The maximum absolute atomic E-state index is 12.7. The molecule has 1 aliphatic rings. The topological polar surface area (TPSA) is 77.1 Å². The molecule has 0 aromatic heterocycles. The van der Waals surface area contributed by atoms with Gasteiger partial charge < -0.3 is 14.4 Å². The first-order chi connectivity index (χ1) is 26.1. The van der Waals surface area contributed by atoms with Gasteiger partial charge >= 0.3 is 10.3 Å². The fourth-order valence-electron chi connectivity index (χ4n) is 6.98. The Bertz CT molecular complexity index is 861. The Hall–Kier alpha value is -0.770. The Morgan fingerprint density at radius 3 is 1.28 bits per heavy atom. The van der Waals surface area contributed by atoms with E-state index in [2.05, 4.69) is 47.8 Å². The molecule has 8 heteroatoms. The van der Waals surface area contributed by atoms with Crippen molar-refractivity contribution >= 4 is 10.3 Å². The van der Waals surface area contributed by atoms with Crippen molar-refractivity contribution in [3.63, 3.8) is 0 Å². The SMILES string of the molecule is CCCCCCCCC=CCCCCCCCCOCC(COCCCCCCCCC=CCCCCCCCC)OS(=O)(=O)NCCN1CCCC1. The number of nitrogens with one attached hydrogen (secondary N) is 1. The number of unbranched alkanes of at least 4 members (excludes halogenated alkanes) is 24. The lowest BCUT2D eigenvalue weighted by atomic mass is 10.1. The third kappa shape index (κ3) is 36.6. The Labute approximate surface area is 330 Å². The van der Waals surface area contributed by atoms with Crippen molar-refractivity contribution in [2.24, 2.45) is 0 Å². The molecular weight excluding hydrogens is 681 g/mol. The summed E-state index contributed by atoms with van der Waals surface area (Å²) in [6.07, 6.45) is 47.0.